The topological polar surface area (TPSA) is 87.3 Å². The molecule has 0 aromatic heterocycles. The number of aryl methyl sites for hydroxylation is 2. The molecule has 2 aromatic rings. The van der Waals surface area contributed by atoms with E-state index in [0.29, 0.717) is 17.0 Å². The molecule has 3 rings (SSSR count). The summed E-state index contributed by atoms with van der Waals surface area (Å²) in [6, 6.07) is 10.9. The Bertz CT molecular complexity index is 875. The van der Waals surface area contributed by atoms with Gasteiger partial charge in [0.05, 0.1) is 18.0 Å². The van der Waals surface area contributed by atoms with E-state index in [9.17, 15) is 14.4 Å². The molecular weight excluding hydrogens is 350 g/mol. The highest BCUT2D eigenvalue weighted by Gasteiger charge is 2.17. The molecule has 0 saturated heterocycles. The van der Waals surface area contributed by atoms with Gasteiger partial charge in [-0.05, 0) is 43.2 Å². The van der Waals surface area contributed by atoms with E-state index in [1.165, 1.54) is 11.8 Å². The Kier molecular flexibility index (Phi) is 5.27. The minimum atomic E-state index is -0.366. The summed E-state index contributed by atoms with van der Waals surface area (Å²) in [4.78, 5) is 36.8. The van der Waals surface area contributed by atoms with Gasteiger partial charge in [-0.25, -0.2) is 0 Å². The van der Waals surface area contributed by atoms with Crippen LogP contribution in [0.15, 0.2) is 41.3 Å². The highest BCUT2D eigenvalue weighted by Crippen LogP contribution is 2.31. The standard InChI is InChI=1S/C19H19N3O3S/c1-11-4-3-5-12(2)18(11)22-16(23)9-20-19(25)13-6-7-15-14(8-13)21-17(24)10-26-15/h3-8H,9-10H2,1-2H3,(H,20,25)(H,21,24)(H,22,23). The van der Waals surface area contributed by atoms with Crippen molar-refractivity contribution in [2.75, 3.05) is 22.9 Å². The maximum atomic E-state index is 12.3. The lowest BCUT2D eigenvalue weighted by Gasteiger charge is -2.17. The van der Waals surface area contributed by atoms with Crippen molar-refractivity contribution < 1.29 is 14.4 Å². The zero-order valence-electron chi connectivity index (χ0n) is 14.5. The fraction of sp³-hybridized carbons (Fsp3) is 0.211. The number of carbonyl (C=O) groups excluding carboxylic acids is 3. The average molecular weight is 369 g/mol. The first-order valence-corrected chi connectivity index (χ1v) is 9.13. The van der Waals surface area contributed by atoms with Gasteiger partial charge in [0.25, 0.3) is 5.91 Å². The second-order valence-corrected chi connectivity index (χ2v) is 7.06. The normalized spacial score (nSPS) is 12.8. The van der Waals surface area contributed by atoms with Crippen LogP contribution in [0.4, 0.5) is 11.4 Å². The van der Waals surface area contributed by atoms with Gasteiger partial charge in [-0.2, -0.15) is 0 Å². The van der Waals surface area contributed by atoms with Crippen molar-refractivity contribution in [1.82, 2.24) is 5.32 Å². The van der Waals surface area contributed by atoms with Crippen LogP contribution in [0.3, 0.4) is 0 Å². The largest absolute Gasteiger partial charge is 0.343 e. The van der Waals surface area contributed by atoms with Gasteiger partial charge in [0.2, 0.25) is 11.8 Å². The van der Waals surface area contributed by atoms with E-state index >= 15 is 0 Å². The first-order chi connectivity index (χ1) is 12.4. The fourth-order valence-electron chi connectivity index (χ4n) is 2.68. The molecule has 7 heteroatoms. The Morgan fingerprint density at radius 3 is 2.62 bits per heavy atom. The number of rotatable bonds is 4. The first-order valence-electron chi connectivity index (χ1n) is 8.15. The van der Waals surface area contributed by atoms with E-state index in [-0.39, 0.29) is 24.3 Å². The van der Waals surface area contributed by atoms with Gasteiger partial charge >= 0.3 is 0 Å². The third-order valence-corrected chi connectivity index (χ3v) is 5.10. The molecule has 0 radical (unpaired) electrons. The van der Waals surface area contributed by atoms with Crippen LogP contribution in [0.25, 0.3) is 0 Å². The smallest absolute Gasteiger partial charge is 0.251 e. The number of nitrogens with one attached hydrogen (secondary N) is 3. The SMILES string of the molecule is Cc1cccc(C)c1NC(=O)CNC(=O)c1ccc2c(c1)NC(=O)CS2. The van der Waals surface area contributed by atoms with Crippen LogP contribution in [0, 0.1) is 13.8 Å². The van der Waals surface area contributed by atoms with Crippen molar-refractivity contribution in [2.24, 2.45) is 0 Å². The summed E-state index contributed by atoms with van der Waals surface area (Å²) < 4.78 is 0. The Morgan fingerprint density at radius 1 is 1.15 bits per heavy atom. The number of hydrogen-bond acceptors (Lipinski definition) is 4. The highest BCUT2D eigenvalue weighted by molar-refractivity contribution is 8.00. The number of anilines is 2. The molecule has 0 aliphatic carbocycles. The summed E-state index contributed by atoms with van der Waals surface area (Å²) in [5.41, 5.74) is 3.71. The Morgan fingerprint density at radius 2 is 1.88 bits per heavy atom. The third kappa shape index (κ3) is 4.05. The van der Waals surface area contributed by atoms with Crippen molar-refractivity contribution in [3.05, 3.63) is 53.1 Å². The molecule has 0 fully saturated rings. The molecule has 0 unspecified atom stereocenters. The zero-order valence-corrected chi connectivity index (χ0v) is 15.3. The number of amides is 3. The van der Waals surface area contributed by atoms with Gasteiger partial charge in [0.1, 0.15) is 0 Å². The summed E-state index contributed by atoms with van der Waals surface area (Å²) >= 11 is 1.43. The van der Waals surface area contributed by atoms with E-state index in [0.717, 1.165) is 21.7 Å². The highest BCUT2D eigenvalue weighted by atomic mass is 32.2. The van der Waals surface area contributed by atoms with E-state index in [1.54, 1.807) is 18.2 Å². The van der Waals surface area contributed by atoms with Crippen LogP contribution >= 0.6 is 11.8 Å². The monoisotopic (exact) mass is 369 g/mol. The number of fused-ring (bicyclic) bond motifs is 1. The summed E-state index contributed by atoms with van der Waals surface area (Å²) in [7, 11) is 0. The predicted molar refractivity (Wildman–Crippen MR) is 103 cm³/mol. The van der Waals surface area contributed by atoms with Crippen molar-refractivity contribution >= 4 is 40.9 Å². The maximum Gasteiger partial charge on any atom is 0.251 e. The van der Waals surface area contributed by atoms with Crippen LogP contribution in [0.1, 0.15) is 21.5 Å². The summed E-state index contributed by atoms with van der Waals surface area (Å²) in [6.45, 7) is 3.70. The molecule has 6 nitrogen and oxygen atoms in total. The van der Waals surface area contributed by atoms with Crippen molar-refractivity contribution in [3.63, 3.8) is 0 Å². The Hall–Kier alpha value is -2.80. The van der Waals surface area contributed by atoms with Gasteiger partial charge in [0.15, 0.2) is 0 Å². The van der Waals surface area contributed by atoms with Gasteiger partial charge in [-0.15, -0.1) is 11.8 Å². The lowest BCUT2D eigenvalue weighted by molar-refractivity contribution is -0.115. The molecule has 0 saturated carbocycles. The molecule has 2 aromatic carbocycles. The van der Waals surface area contributed by atoms with Gasteiger partial charge < -0.3 is 16.0 Å². The van der Waals surface area contributed by atoms with Crippen LogP contribution < -0.4 is 16.0 Å². The van der Waals surface area contributed by atoms with Gasteiger partial charge in [-0.3, -0.25) is 14.4 Å². The van der Waals surface area contributed by atoms with Gasteiger partial charge in [0, 0.05) is 16.1 Å². The predicted octanol–water partition coefficient (Wildman–Crippen LogP) is 2.72. The molecule has 1 heterocycles. The average Bonchev–Trinajstić information content (AvgIpc) is 2.62. The van der Waals surface area contributed by atoms with Gasteiger partial charge in [-0.1, -0.05) is 18.2 Å². The summed E-state index contributed by atoms with van der Waals surface area (Å²) in [6.07, 6.45) is 0. The van der Waals surface area contributed by atoms with E-state index < -0.39 is 0 Å². The number of thioether (sulfide) groups is 1. The molecule has 0 bridgehead atoms. The molecule has 3 N–H and O–H groups in total. The van der Waals surface area contributed by atoms with E-state index in [1.807, 2.05) is 32.0 Å². The molecule has 1 aliphatic heterocycles. The molecule has 0 spiro atoms. The van der Waals surface area contributed by atoms with Crippen LogP contribution in [-0.2, 0) is 9.59 Å². The number of benzene rings is 2. The maximum absolute atomic E-state index is 12.3. The Balaban J connectivity index is 1.61. The molecule has 1 aliphatic rings. The van der Waals surface area contributed by atoms with E-state index in [2.05, 4.69) is 16.0 Å². The lowest BCUT2D eigenvalue weighted by Crippen LogP contribution is -2.33. The van der Waals surface area contributed by atoms with Crippen LogP contribution in [0.5, 0.6) is 0 Å². The lowest BCUT2D eigenvalue weighted by atomic mass is 10.1. The van der Waals surface area contributed by atoms with Crippen molar-refractivity contribution in [3.8, 4) is 0 Å². The third-order valence-electron chi connectivity index (χ3n) is 4.03. The molecule has 3 amide bonds. The van der Waals surface area contributed by atoms with Crippen LogP contribution in [-0.4, -0.2) is 30.0 Å². The minimum absolute atomic E-state index is 0.0898. The van der Waals surface area contributed by atoms with Crippen molar-refractivity contribution in [2.45, 2.75) is 18.7 Å². The number of carbonyl (C=O) groups is 3. The molecule has 134 valence electrons. The quantitative estimate of drug-likeness (QED) is 0.773. The zero-order chi connectivity index (χ0) is 18.7. The minimum Gasteiger partial charge on any atom is -0.343 e. The molecule has 26 heavy (non-hydrogen) atoms. The summed E-state index contributed by atoms with van der Waals surface area (Å²) in [5.74, 6) is -0.378. The number of hydrogen-bond donors (Lipinski definition) is 3. The Labute approximate surface area is 155 Å². The first kappa shape index (κ1) is 18.0. The van der Waals surface area contributed by atoms with Crippen LogP contribution in [0.2, 0.25) is 0 Å². The van der Waals surface area contributed by atoms with Crippen molar-refractivity contribution in [1.29, 1.82) is 0 Å². The second-order valence-electron chi connectivity index (χ2n) is 6.05. The fourth-order valence-corrected chi connectivity index (χ4v) is 3.47. The van der Waals surface area contributed by atoms with E-state index in [4.69, 9.17) is 0 Å². The number of para-hydroxylation sites is 1. The second kappa shape index (κ2) is 7.61. The molecular formula is C19H19N3O3S. The molecule has 0 atom stereocenters. The summed E-state index contributed by atoms with van der Waals surface area (Å²) in [5, 5.41) is 8.18.